The molecule has 1 unspecified atom stereocenters. The molecule has 1 aromatic rings. The average molecular weight is 228 g/mol. The highest BCUT2D eigenvalue weighted by molar-refractivity contribution is 5.53. The summed E-state index contributed by atoms with van der Waals surface area (Å²) in [6, 6.07) is 2.30. The lowest BCUT2D eigenvalue weighted by Gasteiger charge is -2.13. The number of rotatable bonds is 3. The van der Waals surface area contributed by atoms with E-state index in [0.29, 0.717) is 12.5 Å². The molecule has 0 amide bonds. The smallest absolute Gasteiger partial charge is 0.202 e. The fourth-order valence-corrected chi connectivity index (χ4v) is 1.75. The summed E-state index contributed by atoms with van der Waals surface area (Å²) in [5.41, 5.74) is 5.66. The Morgan fingerprint density at radius 3 is 2.94 bits per heavy atom. The van der Waals surface area contributed by atoms with E-state index in [0.717, 1.165) is 25.6 Å². The van der Waals surface area contributed by atoms with Crippen LogP contribution in [-0.4, -0.2) is 19.7 Å². The van der Waals surface area contributed by atoms with Gasteiger partial charge in [-0.2, -0.15) is 4.39 Å². The van der Waals surface area contributed by atoms with Crippen LogP contribution >= 0.6 is 0 Å². The molecule has 2 rings (SSSR count). The zero-order valence-electron chi connectivity index (χ0n) is 8.80. The van der Waals surface area contributed by atoms with Crippen molar-refractivity contribution in [2.75, 3.05) is 25.4 Å². The largest absolute Gasteiger partial charge is 0.488 e. The molecule has 1 saturated heterocycles. The van der Waals surface area contributed by atoms with Gasteiger partial charge in [-0.25, -0.2) is 4.39 Å². The van der Waals surface area contributed by atoms with Crippen molar-refractivity contribution in [3.05, 3.63) is 23.8 Å². The highest BCUT2D eigenvalue weighted by Crippen LogP contribution is 2.27. The van der Waals surface area contributed by atoms with Crippen LogP contribution in [0.5, 0.6) is 5.75 Å². The lowest BCUT2D eigenvalue weighted by atomic mass is 10.1. The van der Waals surface area contributed by atoms with Crippen molar-refractivity contribution in [1.29, 1.82) is 0 Å². The first kappa shape index (κ1) is 11.1. The zero-order valence-corrected chi connectivity index (χ0v) is 8.80. The van der Waals surface area contributed by atoms with E-state index in [1.54, 1.807) is 0 Å². The van der Waals surface area contributed by atoms with E-state index >= 15 is 0 Å². The van der Waals surface area contributed by atoms with Crippen LogP contribution < -0.4 is 15.8 Å². The van der Waals surface area contributed by atoms with Gasteiger partial charge in [0.15, 0.2) is 11.6 Å². The molecule has 3 nitrogen and oxygen atoms in total. The number of nitrogens with one attached hydrogen (secondary N) is 1. The van der Waals surface area contributed by atoms with Crippen LogP contribution in [0, 0.1) is 17.6 Å². The first-order valence-electron chi connectivity index (χ1n) is 5.25. The molecule has 1 fully saturated rings. The van der Waals surface area contributed by atoms with Crippen molar-refractivity contribution < 1.29 is 13.5 Å². The SMILES string of the molecule is Nc1ccc(F)c(F)c1OCC1CCNC1. The molecule has 0 saturated carbocycles. The first-order valence-corrected chi connectivity index (χ1v) is 5.25. The Morgan fingerprint density at radius 1 is 1.44 bits per heavy atom. The predicted molar refractivity (Wildman–Crippen MR) is 57.2 cm³/mol. The van der Waals surface area contributed by atoms with Crippen molar-refractivity contribution >= 4 is 5.69 Å². The van der Waals surface area contributed by atoms with E-state index in [1.165, 1.54) is 6.07 Å². The number of halogens is 2. The fraction of sp³-hybridized carbons (Fsp3) is 0.455. The minimum absolute atomic E-state index is 0.129. The van der Waals surface area contributed by atoms with Gasteiger partial charge in [-0.3, -0.25) is 0 Å². The summed E-state index contributed by atoms with van der Waals surface area (Å²) in [6.45, 7) is 2.14. The van der Waals surface area contributed by atoms with Gasteiger partial charge >= 0.3 is 0 Å². The first-order chi connectivity index (χ1) is 7.68. The molecule has 0 aliphatic carbocycles. The number of ether oxygens (including phenoxy) is 1. The number of hydrogen-bond acceptors (Lipinski definition) is 3. The van der Waals surface area contributed by atoms with E-state index in [9.17, 15) is 8.78 Å². The van der Waals surface area contributed by atoms with Gasteiger partial charge < -0.3 is 15.8 Å². The Labute approximate surface area is 92.6 Å². The molecule has 0 radical (unpaired) electrons. The quantitative estimate of drug-likeness (QED) is 0.771. The summed E-state index contributed by atoms with van der Waals surface area (Å²) in [5, 5.41) is 3.17. The average Bonchev–Trinajstić information content (AvgIpc) is 2.77. The molecule has 5 heteroatoms. The second kappa shape index (κ2) is 4.65. The maximum Gasteiger partial charge on any atom is 0.202 e. The van der Waals surface area contributed by atoms with Crippen LogP contribution in [0.15, 0.2) is 12.1 Å². The van der Waals surface area contributed by atoms with Gasteiger partial charge in [-0.15, -0.1) is 0 Å². The lowest BCUT2D eigenvalue weighted by Crippen LogP contribution is -2.16. The Hall–Kier alpha value is -1.36. The molecule has 0 spiro atoms. The molecule has 1 aromatic carbocycles. The van der Waals surface area contributed by atoms with Crippen LogP contribution in [0.2, 0.25) is 0 Å². The van der Waals surface area contributed by atoms with E-state index in [1.807, 2.05) is 0 Å². The van der Waals surface area contributed by atoms with Gasteiger partial charge in [0.05, 0.1) is 12.3 Å². The molecular formula is C11H14F2N2O. The second-order valence-corrected chi connectivity index (χ2v) is 3.95. The number of hydrogen-bond donors (Lipinski definition) is 2. The van der Waals surface area contributed by atoms with Gasteiger partial charge in [-0.05, 0) is 25.1 Å². The summed E-state index contributed by atoms with van der Waals surface area (Å²) < 4.78 is 31.5. The third-order valence-corrected chi connectivity index (χ3v) is 2.71. The summed E-state index contributed by atoms with van der Waals surface area (Å²) in [6.07, 6.45) is 0.983. The van der Waals surface area contributed by atoms with Crippen LogP contribution in [0.25, 0.3) is 0 Å². The number of nitrogens with two attached hydrogens (primary N) is 1. The summed E-state index contributed by atoms with van der Waals surface area (Å²) in [5.74, 6) is -1.78. The molecule has 0 bridgehead atoms. The summed E-state index contributed by atoms with van der Waals surface area (Å²) >= 11 is 0. The van der Waals surface area contributed by atoms with Crippen molar-refractivity contribution in [2.45, 2.75) is 6.42 Å². The zero-order chi connectivity index (χ0) is 11.5. The molecule has 1 aliphatic rings. The van der Waals surface area contributed by atoms with Gasteiger partial charge in [0.1, 0.15) is 0 Å². The third kappa shape index (κ3) is 2.24. The maximum absolute atomic E-state index is 13.3. The number of benzene rings is 1. The highest BCUT2D eigenvalue weighted by Gasteiger charge is 2.18. The molecule has 1 aliphatic heterocycles. The predicted octanol–water partition coefficient (Wildman–Crippen LogP) is 1.54. The van der Waals surface area contributed by atoms with Crippen LogP contribution in [0.3, 0.4) is 0 Å². The van der Waals surface area contributed by atoms with E-state index in [4.69, 9.17) is 10.5 Å². The minimum atomic E-state index is -1.01. The van der Waals surface area contributed by atoms with Crippen LogP contribution in [0.4, 0.5) is 14.5 Å². The molecule has 3 N–H and O–H groups in total. The van der Waals surface area contributed by atoms with Crippen molar-refractivity contribution in [3.63, 3.8) is 0 Å². The van der Waals surface area contributed by atoms with E-state index < -0.39 is 11.6 Å². The monoisotopic (exact) mass is 228 g/mol. The lowest BCUT2D eigenvalue weighted by molar-refractivity contribution is 0.247. The molecule has 16 heavy (non-hydrogen) atoms. The molecular weight excluding hydrogens is 214 g/mol. The Balaban J connectivity index is 2.05. The molecule has 0 aromatic heterocycles. The Morgan fingerprint density at radius 2 is 2.25 bits per heavy atom. The Kier molecular flexibility index (Phi) is 3.24. The van der Waals surface area contributed by atoms with Gasteiger partial charge in [0, 0.05) is 12.5 Å². The van der Waals surface area contributed by atoms with Crippen molar-refractivity contribution in [2.24, 2.45) is 5.92 Å². The van der Waals surface area contributed by atoms with Gasteiger partial charge in [-0.1, -0.05) is 0 Å². The van der Waals surface area contributed by atoms with Crippen molar-refractivity contribution in [1.82, 2.24) is 5.32 Å². The second-order valence-electron chi connectivity index (χ2n) is 3.95. The van der Waals surface area contributed by atoms with Gasteiger partial charge in [0.25, 0.3) is 0 Å². The molecule has 88 valence electrons. The number of anilines is 1. The van der Waals surface area contributed by atoms with Crippen LogP contribution in [-0.2, 0) is 0 Å². The summed E-state index contributed by atoms with van der Waals surface area (Å²) in [4.78, 5) is 0. The van der Waals surface area contributed by atoms with Crippen molar-refractivity contribution in [3.8, 4) is 5.75 Å². The molecule has 1 heterocycles. The van der Waals surface area contributed by atoms with E-state index in [-0.39, 0.29) is 11.4 Å². The van der Waals surface area contributed by atoms with Gasteiger partial charge in [0.2, 0.25) is 5.82 Å². The van der Waals surface area contributed by atoms with E-state index in [2.05, 4.69) is 5.32 Å². The third-order valence-electron chi connectivity index (χ3n) is 2.71. The topological polar surface area (TPSA) is 47.3 Å². The van der Waals surface area contributed by atoms with Crippen LogP contribution in [0.1, 0.15) is 6.42 Å². The fourth-order valence-electron chi connectivity index (χ4n) is 1.75. The normalized spacial score (nSPS) is 20.0. The highest BCUT2D eigenvalue weighted by atomic mass is 19.2. The molecule has 1 atom stereocenters. The Bertz CT molecular complexity index is 378. The standard InChI is InChI=1S/C11H14F2N2O/c12-8-1-2-9(14)11(10(8)13)16-6-7-3-4-15-5-7/h1-2,7,15H,3-6,14H2. The maximum atomic E-state index is 13.3. The minimum Gasteiger partial charge on any atom is -0.488 e. The number of nitrogen functional groups attached to an aromatic ring is 1. The summed E-state index contributed by atoms with van der Waals surface area (Å²) in [7, 11) is 0.